The van der Waals surface area contributed by atoms with E-state index in [1.807, 2.05) is 13.1 Å². The monoisotopic (exact) mass is 326 g/mol. The Bertz CT molecular complexity index is 700. The average Bonchev–Trinajstić information content (AvgIpc) is 3.02. The van der Waals surface area contributed by atoms with Crippen LogP contribution < -0.4 is 14.8 Å². The number of nitrogens with one attached hydrogen (secondary N) is 1. The van der Waals surface area contributed by atoms with Crippen molar-refractivity contribution >= 4 is 0 Å². The van der Waals surface area contributed by atoms with E-state index in [1.165, 1.54) is 22.3 Å². The maximum atomic E-state index is 5.39. The minimum atomic E-state index is 0.784. The zero-order chi connectivity index (χ0) is 16.9. The SMILES string of the molecule is CNCc1ccc2c(c1)CN(CCc1ccc(OC)c(OC)c1)C2. The fraction of sp³-hybridized carbons (Fsp3) is 0.400. The zero-order valence-corrected chi connectivity index (χ0v) is 14.8. The fourth-order valence-electron chi connectivity index (χ4n) is 3.31. The summed E-state index contributed by atoms with van der Waals surface area (Å²) >= 11 is 0. The van der Waals surface area contributed by atoms with Crippen LogP contribution in [0.3, 0.4) is 0 Å². The van der Waals surface area contributed by atoms with Crippen LogP contribution in [0.5, 0.6) is 11.5 Å². The summed E-state index contributed by atoms with van der Waals surface area (Å²) in [6.07, 6.45) is 1.01. The molecule has 0 unspecified atom stereocenters. The molecule has 1 heterocycles. The lowest BCUT2D eigenvalue weighted by molar-refractivity contribution is 0.287. The van der Waals surface area contributed by atoms with E-state index in [1.54, 1.807) is 14.2 Å². The summed E-state index contributed by atoms with van der Waals surface area (Å²) in [6, 6.07) is 13.0. The summed E-state index contributed by atoms with van der Waals surface area (Å²) in [6.45, 7) is 4.06. The Labute approximate surface area is 144 Å². The molecule has 0 aliphatic carbocycles. The van der Waals surface area contributed by atoms with Crippen molar-refractivity contribution in [3.05, 3.63) is 58.7 Å². The van der Waals surface area contributed by atoms with Gasteiger partial charge < -0.3 is 14.8 Å². The number of rotatable bonds is 7. The zero-order valence-electron chi connectivity index (χ0n) is 14.8. The van der Waals surface area contributed by atoms with Crippen LogP contribution in [0.2, 0.25) is 0 Å². The first-order chi connectivity index (χ1) is 11.7. The van der Waals surface area contributed by atoms with E-state index in [0.717, 1.165) is 44.1 Å². The van der Waals surface area contributed by atoms with Crippen molar-refractivity contribution in [2.45, 2.75) is 26.1 Å². The number of hydrogen-bond donors (Lipinski definition) is 1. The van der Waals surface area contributed by atoms with Gasteiger partial charge >= 0.3 is 0 Å². The first-order valence-corrected chi connectivity index (χ1v) is 8.42. The van der Waals surface area contributed by atoms with Crippen LogP contribution in [-0.2, 0) is 26.1 Å². The lowest BCUT2D eigenvalue weighted by Gasteiger charge is -2.15. The molecule has 4 nitrogen and oxygen atoms in total. The van der Waals surface area contributed by atoms with Gasteiger partial charge in [0.15, 0.2) is 11.5 Å². The molecule has 4 heteroatoms. The normalized spacial score (nSPS) is 13.8. The van der Waals surface area contributed by atoms with Gasteiger partial charge in [0.2, 0.25) is 0 Å². The average molecular weight is 326 g/mol. The van der Waals surface area contributed by atoms with Crippen LogP contribution in [0, 0.1) is 0 Å². The Morgan fingerprint density at radius 3 is 2.42 bits per heavy atom. The van der Waals surface area contributed by atoms with Gasteiger partial charge in [-0.1, -0.05) is 24.3 Å². The van der Waals surface area contributed by atoms with Gasteiger partial charge in [0, 0.05) is 26.2 Å². The Morgan fingerprint density at radius 1 is 0.917 bits per heavy atom. The van der Waals surface area contributed by atoms with E-state index in [2.05, 4.69) is 40.5 Å². The lowest BCUT2D eigenvalue weighted by atomic mass is 10.1. The predicted molar refractivity (Wildman–Crippen MR) is 96.6 cm³/mol. The second-order valence-corrected chi connectivity index (χ2v) is 6.28. The molecule has 24 heavy (non-hydrogen) atoms. The van der Waals surface area contributed by atoms with Crippen LogP contribution in [0.15, 0.2) is 36.4 Å². The highest BCUT2D eigenvalue weighted by Crippen LogP contribution is 2.28. The Hall–Kier alpha value is -2.04. The molecule has 0 aromatic heterocycles. The van der Waals surface area contributed by atoms with Gasteiger partial charge in [0.25, 0.3) is 0 Å². The molecular weight excluding hydrogens is 300 g/mol. The van der Waals surface area contributed by atoms with Crippen molar-refractivity contribution in [1.29, 1.82) is 0 Å². The Morgan fingerprint density at radius 2 is 1.67 bits per heavy atom. The maximum absolute atomic E-state index is 5.39. The second-order valence-electron chi connectivity index (χ2n) is 6.28. The van der Waals surface area contributed by atoms with Crippen molar-refractivity contribution in [2.75, 3.05) is 27.8 Å². The molecule has 0 spiro atoms. The van der Waals surface area contributed by atoms with Crippen LogP contribution in [0.4, 0.5) is 0 Å². The van der Waals surface area contributed by atoms with E-state index in [-0.39, 0.29) is 0 Å². The predicted octanol–water partition coefficient (Wildman–Crippen LogP) is 2.98. The summed E-state index contributed by atoms with van der Waals surface area (Å²) in [4.78, 5) is 2.50. The largest absolute Gasteiger partial charge is 0.493 e. The summed E-state index contributed by atoms with van der Waals surface area (Å²) in [5, 5.41) is 3.22. The fourth-order valence-corrected chi connectivity index (χ4v) is 3.31. The van der Waals surface area contributed by atoms with Gasteiger partial charge in [-0.2, -0.15) is 0 Å². The number of hydrogen-bond acceptors (Lipinski definition) is 4. The Kier molecular flexibility index (Phi) is 5.38. The quantitative estimate of drug-likeness (QED) is 0.848. The van der Waals surface area contributed by atoms with E-state index < -0.39 is 0 Å². The first-order valence-electron chi connectivity index (χ1n) is 8.42. The van der Waals surface area contributed by atoms with Crippen molar-refractivity contribution in [2.24, 2.45) is 0 Å². The highest BCUT2D eigenvalue weighted by atomic mass is 16.5. The van der Waals surface area contributed by atoms with E-state index in [4.69, 9.17) is 9.47 Å². The molecule has 1 aliphatic heterocycles. The molecule has 2 aromatic carbocycles. The molecule has 3 rings (SSSR count). The molecule has 0 fully saturated rings. The molecular formula is C20H26N2O2. The van der Waals surface area contributed by atoms with Crippen molar-refractivity contribution in [1.82, 2.24) is 10.2 Å². The molecule has 2 aromatic rings. The molecule has 128 valence electrons. The maximum Gasteiger partial charge on any atom is 0.160 e. The number of methoxy groups -OCH3 is 2. The molecule has 0 amide bonds. The molecule has 0 atom stereocenters. The highest BCUT2D eigenvalue weighted by molar-refractivity contribution is 5.43. The lowest BCUT2D eigenvalue weighted by Crippen LogP contribution is -2.19. The minimum Gasteiger partial charge on any atom is -0.493 e. The van der Waals surface area contributed by atoms with Crippen LogP contribution in [0.1, 0.15) is 22.3 Å². The van der Waals surface area contributed by atoms with Crippen LogP contribution in [-0.4, -0.2) is 32.7 Å². The summed E-state index contributed by atoms with van der Waals surface area (Å²) < 4.78 is 10.7. The van der Waals surface area contributed by atoms with Gasteiger partial charge in [-0.25, -0.2) is 0 Å². The number of fused-ring (bicyclic) bond motifs is 1. The molecule has 0 saturated carbocycles. The summed E-state index contributed by atoms with van der Waals surface area (Å²) in [5.41, 5.74) is 5.56. The van der Waals surface area contributed by atoms with E-state index >= 15 is 0 Å². The minimum absolute atomic E-state index is 0.784. The van der Waals surface area contributed by atoms with Crippen molar-refractivity contribution in [3.8, 4) is 11.5 Å². The third-order valence-corrected chi connectivity index (χ3v) is 4.60. The van der Waals surface area contributed by atoms with Gasteiger partial charge in [-0.3, -0.25) is 4.90 Å². The Balaban J connectivity index is 1.60. The second kappa shape index (κ2) is 7.69. The molecule has 1 aliphatic rings. The molecule has 0 radical (unpaired) electrons. The van der Waals surface area contributed by atoms with Crippen molar-refractivity contribution < 1.29 is 9.47 Å². The standard InChI is InChI=1S/C20H26N2O2/c1-21-12-16-4-6-17-13-22(14-18(17)10-16)9-8-15-5-7-19(23-2)20(11-15)24-3/h4-7,10-11,21H,8-9,12-14H2,1-3H3. The van der Waals surface area contributed by atoms with Gasteiger partial charge in [0.1, 0.15) is 0 Å². The number of benzene rings is 2. The van der Waals surface area contributed by atoms with E-state index in [9.17, 15) is 0 Å². The highest BCUT2D eigenvalue weighted by Gasteiger charge is 2.18. The molecule has 1 N–H and O–H groups in total. The summed E-state index contributed by atoms with van der Waals surface area (Å²) in [5.74, 6) is 1.59. The van der Waals surface area contributed by atoms with Gasteiger partial charge in [-0.05, 0) is 47.9 Å². The van der Waals surface area contributed by atoms with Gasteiger partial charge in [-0.15, -0.1) is 0 Å². The van der Waals surface area contributed by atoms with Crippen LogP contribution in [0.25, 0.3) is 0 Å². The third kappa shape index (κ3) is 3.71. The summed E-state index contributed by atoms with van der Waals surface area (Å²) in [7, 11) is 5.34. The van der Waals surface area contributed by atoms with E-state index in [0.29, 0.717) is 0 Å². The van der Waals surface area contributed by atoms with Crippen molar-refractivity contribution in [3.63, 3.8) is 0 Å². The number of ether oxygens (including phenoxy) is 2. The molecule has 0 bridgehead atoms. The van der Waals surface area contributed by atoms with Crippen LogP contribution >= 0.6 is 0 Å². The molecule has 0 saturated heterocycles. The topological polar surface area (TPSA) is 33.7 Å². The third-order valence-electron chi connectivity index (χ3n) is 4.60. The first kappa shape index (κ1) is 16.8. The number of nitrogens with zero attached hydrogens (tertiary/aromatic N) is 1. The van der Waals surface area contributed by atoms with Gasteiger partial charge in [0.05, 0.1) is 14.2 Å². The smallest absolute Gasteiger partial charge is 0.160 e.